The van der Waals surface area contributed by atoms with Crippen molar-refractivity contribution in [2.24, 2.45) is 0 Å². The van der Waals surface area contributed by atoms with Crippen LogP contribution in [0.1, 0.15) is 0 Å². The quantitative estimate of drug-likeness (QED) is 0.169. The van der Waals surface area contributed by atoms with E-state index in [1.54, 1.807) is 0 Å². The molecule has 61 heavy (non-hydrogen) atoms. The summed E-state index contributed by atoms with van der Waals surface area (Å²) in [6.45, 7) is 0. The van der Waals surface area contributed by atoms with Gasteiger partial charge >= 0.3 is 0 Å². The Morgan fingerprint density at radius 2 is 0.639 bits per heavy atom. The van der Waals surface area contributed by atoms with Crippen molar-refractivity contribution in [3.63, 3.8) is 0 Å². The van der Waals surface area contributed by atoms with Crippen LogP contribution in [0.15, 0.2) is 212 Å². The van der Waals surface area contributed by atoms with Crippen molar-refractivity contribution in [2.75, 3.05) is 0 Å². The fourth-order valence-electron chi connectivity index (χ4n) is 10.6. The zero-order valence-corrected chi connectivity index (χ0v) is 33.0. The number of nitrogens with zero attached hydrogens (tertiary/aromatic N) is 3. The molecule has 0 aliphatic rings. The van der Waals surface area contributed by atoms with Crippen molar-refractivity contribution in [3.05, 3.63) is 212 Å². The Hall–Kier alpha value is -8.14. The van der Waals surface area contributed by atoms with E-state index < -0.39 is 0 Å². The van der Waals surface area contributed by atoms with Gasteiger partial charge in [0.15, 0.2) is 0 Å². The SMILES string of the molecule is c1ccc2cc(-n3c4ccccc4c4cc(-c5ccc(-c6ccc7c(c6)c6ccccc6n7-c6cc7c8ccccc8n8c9ccccc9c(c6)c78)cc5)ccc43)ccc2c1. The lowest BCUT2D eigenvalue weighted by atomic mass is 9.98. The van der Waals surface area contributed by atoms with Crippen LogP contribution < -0.4 is 0 Å². The van der Waals surface area contributed by atoms with Crippen molar-refractivity contribution >= 4 is 92.5 Å². The number of para-hydroxylation sites is 4. The van der Waals surface area contributed by atoms with Gasteiger partial charge in [0.05, 0.1) is 38.6 Å². The number of aromatic nitrogens is 3. The van der Waals surface area contributed by atoms with Gasteiger partial charge in [-0.05, 0) is 106 Å². The van der Waals surface area contributed by atoms with E-state index in [9.17, 15) is 0 Å². The van der Waals surface area contributed by atoms with Gasteiger partial charge in [0.1, 0.15) is 0 Å². The summed E-state index contributed by atoms with van der Waals surface area (Å²) in [7, 11) is 0. The molecule has 0 saturated carbocycles. The highest BCUT2D eigenvalue weighted by atomic mass is 15.0. The molecule has 0 aliphatic heterocycles. The molecule has 0 saturated heterocycles. The summed E-state index contributed by atoms with van der Waals surface area (Å²) in [5, 5.41) is 12.7. The number of fused-ring (bicyclic) bond motifs is 13. The highest BCUT2D eigenvalue weighted by Gasteiger charge is 2.21. The first kappa shape index (κ1) is 32.8. The first-order valence-corrected chi connectivity index (χ1v) is 21.1. The van der Waals surface area contributed by atoms with Gasteiger partial charge in [-0.3, -0.25) is 0 Å². The summed E-state index contributed by atoms with van der Waals surface area (Å²) in [5.74, 6) is 0. The fraction of sp³-hybridized carbons (Fsp3) is 0. The second-order valence-electron chi connectivity index (χ2n) is 16.5. The minimum Gasteiger partial charge on any atom is -0.309 e. The maximum absolute atomic E-state index is 2.47. The van der Waals surface area contributed by atoms with E-state index in [1.165, 1.54) is 126 Å². The second kappa shape index (κ2) is 12.2. The normalized spacial score (nSPS) is 12.3. The van der Waals surface area contributed by atoms with Crippen molar-refractivity contribution in [1.29, 1.82) is 0 Å². The fourth-order valence-corrected chi connectivity index (χ4v) is 10.6. The molecule has 3 heteroatoms. The lowest BCUT2D eigenvalue weighted by Crippen LogP contribution is -1.94. The Morgan fingerprint density at radius 3 is 1.18 bits per heavy atom. The Kier molecular flexibility index (Phi) is 6.56. The van der Waals surface area contributed by atoms with Gasteiger partial charge in [-0.25, -0.2) is 0 Å². The molecule has 14 aromatic rings. The van der Waals surface area contributed by atoms with Crippen LogP contribution >= 0.6 is 0 Å². The minimum atomic E-state index is 1.18. The van der Waals surface area contributed by atoms with Crippen LogP contribution in [0.4, 0.5) is 0 Å². The van der Waals surface area contributed by atoms with E-state index in [-0.39, 0.29) is 0 Å². The molecule has 10 aromatic carbocycles. The third-order valence-electron chi connectivity index (χ3n) is 13.3. The molecule has 4 aromatic heterocycles. The Morgan fingerprint density at radius 1 is 0.230 bits per heavy atom. The summed E-state index contributed by atoms with van der Waals surface area (Å²) in [5.41, 5.74) is 15.8. The maximum Gasteiger partial charge on any atom is 0.0622 e. The summed E-state index contributed by atoms with van der Waals surface area (Å²) >= 11 is 0. The van der Waals surface area contributed by atoms with E-state index in [1.807, 2.05) is 0 Å². The van der Waals surface area contributed by atoms with Crippen LogP contribution in [-0.2, 0) is 0 Å². The van der Waals surface area contributed by atoms with Gasteiger partial charge in [-0.1, -0.05) is 140 Å². The van der Waals surface area contributed by atoms with Gasteiger partial charge in [0, 0.05) is 54.5 Å². The monoisotopic (exact) mass is 773 g/mol. The van der Waals surface area contributed by atoms with Gasteiger partial charge in [-0.15, -0.1) is 0 Å². The van der Waals surface area contributed by atoms with E-state index in [0.29, 0.717) is 0 Å². The van der Waals surface area contributed by atoms with Crippen molar-refractivity contribution in [2.45, 2.75) is 0 Å². The molecule has 0 amide bonds. The molecule has 0 spiro atoms. The van der Waals surface area contributed by atoms with E-state index >= 15 is 0 Å². The van der Waals surface area contributed by atoms with Crippen LogP contribution in [0.25, 0.3) is 126 Å². The number of hydrogen-bond donors (Lipinski definition) is 0. The molecule has 0 unspecified atom stereocenters. The second-order valence-corrected chi connectivity index (χ2v) is 16.5. The zero-order chi connectivity index (χ0) is 39.8. The maximum atomic E-state index is 2.47. The third-order valence-corrected chi connectivity index (χ3v) is 13.3. The predicted octanol–water partition coefficient (Wildman–Crippen LogP) is 15.5. The van der Waals surface area contributed by atoms with Crippen LogP contribution in [0.2, 0.25) is 0 Å². The van der Waals surface area contributed by atoms with Crippen molar-refractivity contribution < 1.29 is 0 Å². The molecule has 282 valence electrons. The topological polar surface area (TPSA) is 14.3 Å². The summed E-state index contributed by atoms with van der Waals surface area (Å²) in [4.78, 5) is 0. The largest absolute Gasteiger partial charge is 0.309 e. The standard InChI is InChI=1S/C58H35N3/c1-2-12-39-31-42(28-25-36(39)11-1)59-52-17-7-3-13-44(52)48-32-40(26-29-56(48)59)37-21-23-38(24-22-37)41-27-30-57-49(33-41)45-14-4-8-18-53(45)60(57)43-34-50-46-15-5-9-19-54(46)61-55-20-10-6-16-47(55)51(35-43)58(50)61/h1-35H. The molecule has 3 nitrogen and oxygen atoms in total. The molecule has 0 fully saturated rings. The first-order valence-electron chi connectivity index (χ1n) is 21.1. The lowest BCUT2D eigenvalue weighted by Gasteiger charge is -2.11. The first-order chi connectivity index (χ1) is 30.2. The number of rotatable bonds is 4. The average molecular weight is 774 g/mol. The van der Waals surface area contributed by atoms with Crippen molar-refractivity contribution in [1.82, 2.24) is 13.5 Å². The van der Waals surface area contributed by atoms with Gasteiger partial charge in [0.25, 0.3) is 0 Å². The summed E-state index contributed by atoms with van der Waals surface area (Å²) in [6, 6.07) is 78.5. The zero-order valence-electron chi connectivity index (χ0n) is 33.0. The molecule has 0 aliphatic carbocycles. The van der Waals surface area contributed by atoms with Gasteiger partial charge in [0.2, 0.25) is 0 Å². The molecular weight excluding hydrogens is 739 g/mol. The van der Waals surface area contributed by atoms with Crippen LogP contribution in [-0.4, -0.2) is 13.5 Å². The number of hydrogen-bond acceptors (Lipinski definition) is 0. The molecular formula is C58H35N3. The van der Waals surface area contributed by atoms with E-state index in [2.05, 4.69) is 226 Å². The average Bonchev–Trinajstić information content (AvgIpc) is 4.05. The Balaban J connectivity index is 0.876. The van der Waals surface area contributed by atoms with Gasteiger partial charge < -0.3 is 13.5 Å². The molecule has 0 N–H and O–H groups in total. The summed E-state index contributed by atoms with van der Waals surface area (Å²) in [6.07, 6.45) is 0. The van der Waals surface area contributed by atoms with Crippen LogP contribution in [0.3, 0.4) is 0 Å². The molecule has 0 radical (unpaired) electrons. The minimum absolute atomic E-state index is 1.18. The molecule has 0 atom stereocenters. The Labute approximate surface area is 350 Å². The Bertz CT molecular complexity index is 4020. The smallest absolute Gasteiger partial charge is 0.0622 e. The number of benzene rings is 10. The summed E-state index contributed by atoms with van der Waals surface area (Å²) < 4.78 is 7.32. The lowest BCUT2D eigenvalue weighted by molar-refractivity contribution is 1.19. The predicted molar refractivity (Wildman–Crippen MR) is 258 cm³/mol. The van der Waals surface area contributed by atoms with Crippen molar-refractivity contribution in [3.8, 4) is 33.6 Å². The van der Waals surface area contributed by atoms with Gasteiger partial charge in [-0.2, -0.15) is 0 Å². The molecule has 0 bridgehead atoms. The third kappa shape index (κ3) is 4.58. The molecule has 14 rings (SSSR count). The van der Waals surface area contributed by atoms with E-state index in [0.717, 1.165) is 0 Å². The van der Waals surface area contributed by atoms with Crippen LogP contribution in [0, 0.1) is 0 Å². The van der Waals surface area contributed by atoms with Crippen LogP contribution in [0.5, 0.6) is 0 Å². The van der Waals surface area contributed by atoms with E-state index in [4.69, 9.17) is 0 Å². The highest BCUT2D eigenvalue weighted by Crippen LogP contribution is 2.43. The molecule has 4 heterocycles. The highest BCUT2D eigenvalue weighted by molar-refractivity contribution is 6.24.